The molecule has 0 saturated carbocycles. The summed E-state index contributed by atoms with van der Waals surface area (Å²) in [4.78, 5) is 0. The van der Waals surface area contributed by atoms with E-state index >= 15 is 0 Å². The fourth-order valence-corrected chi connectivity index (χ4v) is 10.2. The second kappa shape index (κ2) is 6.64. The molecule has 2 aliphatic rings. The predicted octanol–water partition coefficient (Wildman–Crippen LogP) is 5.68. The van der Waals surface area contributed by atoms with E-state index < -0.39 is 8.07 Å². The first-order valence-electron chi connectivity index (χ1n) is 9.91. The summed E-state index contributed by atoms with van der Waals surface area (Å²) in [5.41, 5.74) is 6.47. The van der Waals surface area contributed by atoms with Crippen LogP contribution >= 0.6 is 0 Å². The summed E-state index contributed by atoms with van der Waals surface area (Å²) in [6.45, 7) is 2.54. The lowest BCUT2D eigenvalue weighted by molar-refractivity contribution is 0.417. The number of methoxy groups -OCH3 is 1. The van der Waals surface area contributed by atoms with E-state index in [0.29, 0.717) is 11.1 Å². The molecule has 2 atom stereocenters. The van der Waals surface area contributed by atoms with E-state index in [1.165, 1.54) is 27.4 Å². The largest absolute Gasteiger partial charge is 0.497 e. The van der Waals surface area contributed by atoms with E-state index in [1.54, 1.807) is 7.11 Å². The molecule has 0 aromatic heterocycles. The first kappa shape index (κ1) is 17.3. The monoisotopic (exact) mass is 380 g/mol. The van der Waals surface area contributed by atoms with Gasteiger partial charge >= 0.3 is 0 Å². The van der Waals surface area contributed by atoms with Crippen LogP contribution < -0.4 is 9.92 Å². The summed E-state index contributed by atoms with van der Waals surface area (Å²) in [5.74, 6) is 1.02. The molecule has 28 heavy (non-hydrogen) atoms. The van der Waals surface area contributed by atoms with Gasteiger partial charge in [0.15, 0.2) is 0 Å². The molecule has 0 N–H and O–H groups in total. The van der Waals surface area contributed by atoms with Gasteiger partial charge in [-0.05, 0) is 33.5 Å². The second-order valence-corrected chi connectivity index (χ2v) is 12.3. The number of fused-ring (bicyclic) bond motifs is 2. The lowest BCUT2D eigenvalue weighted by Gasteiger charge is -2.40. The highest BCUT2D eigenvalue weighted by Crippen LogP contribution is 2.47. The van der Waals surface area contributed by atoms with Crippen LogP contribution in [0.3, 0.4) is 0 Å². The molecule has 0 heterocycles. The van der Waals surface area contributed by atoms with Crippen molar-refractivity contribution in [2.45, 2.75) is 17.6 Å². The van der Waals surface area contributed by atoms with Crippen molar-refractivity contribution < 1.29 is 4.74 Å². The SMILES string of the molecule is COc1ccccc1[Si](C)(C1C=Cc2ccccc21)C1C=Cc2ccccc21. The smallest absolute Gasteiger partial charge is 0.118 e. The maximum atomic E-state index is 5.87. The van der Waals surface area contributed by atoms with E-state index in [4.69, 9.17) is 4.74 Å². The number of rotatable bonds is 4. The Morgan fingerprint density at radius 2 is 1.18 bits per heavy atom. The average molecular weight is 381 g/mol. The van der Waals surface area contributed by atoms with E-state index in [1.807, 2.05) is 0 Å². The summed E-state index contributed by atoms with van der Waals surface area (Å²) in [7, 11) is -0.330. The molecule has 2 heteroatoms. The number of hydrogen-bond acceptors (Lipinski definition) is 1. The Morgan fingerprint density at radius 1 is 0.679 bits per heavy atom. The molecule has 2 unspecified atom stereocenters. The Labute approximate surface area is 168 Å². The van der Waals surface area contributed by atoms with Crippen molar-refractivity contribution in [1.82, 2.24) is 0 Å². The first-order chi connectivity index (χ1) is 13.7. The van der Waals surface area contributed by atoms with Crippen molar-refractivity contribution >= 4 is 25.4 Å². The second-order valence-electron chi connectivity index (χ2n) is 7.91. The standard InChI is InChI=1S/C26H24OSi/c1-27-23-13-7-8-14-26(23)28(2,24-17-15-19-9-3-5-11-21(19)24)25-18-16-20-10-4-6-12-22(20)25/h3-18,24-25H,1-2H3. The maximum absolute atomic E-state index is 5.87. The summed E-state index contributed by atoms with van der Waals surface area (Å²) < 4.78 is 5.87. The van der Waals surface area contributed by atoms with Crippen LogP contribution in [0.2, 0.25) is 6.55 Å². The van der Waals surface area contributed by atoms with Crippen molar-refractivity contribution in [3.63, 3.8) is 0 Å². The first-order valence-corrected chi connectivity index (χ1v) is 12.6. The molecule has 138 valence electrons. The Balaban J connectivity index is 1.75. The quantitative estimate of drug-likeness (QED) is 0.529. The number of allylic oxidation sites excluding steroid dienone is 2. The van der Waals surface area contributed by atoms with Crippen molar-refractivity contribution in [3.8, 4) is 5.75 Å². The summed E-state index contributed by atoms with van der Waals surface area (Å²) in [6.07, 6.45) is 9.51. The molecule has 0 saturated heterocycles. The minimum Gasteiger partial charge on any atom is -0.497 e. The lowest BCUT2D eigenvalue weighted by Crippen LogP contribution is -2.54. The van der Waals surface area contributed by atoms with E-state index in [-0.39, 0.29) is 0 Å². The van der Waals surface area contributed by atoms with Gasteiger partial charge in [-0.25, -0.2) is 0 Å². The Kier molecular flexibility index (Phi) is 4.10. The molecule has 0 amide bonds. The molecule has 1 nitrogen and oxygen atoms in total. The van der Waals surface area contributed by atoms with Gasteiger partial charge in [0.2, 0.25) is 0 Å². The molecule has 3 aromatic rings. The van der Waals surface area contributed by atoms with Crippen LogP contribution in [-0.2, 0) is 0 Å². The lowest BCUT2D eigenvalue weighted by atomic mass is 10.1. The van der Waals surface area contributed by atoms with Crippen LogP contribution in [0.4, 0.5) is 0 Å². The summed E-state index contributed by atoms with van der Waals surface area (Å²) in [6, 6.07) is 26.4. The van der Waals surface area contributed by atoms with Crippen LogP contribution in [0.1, 0.15) is 33.3 Å². The van der Waals surface area contributed by atoms with Crippen LogP contribution in [-0.4, -0.2) is 15.2 Å². The van der Waals surface area contributed by atoms with E-state index in [0.717, 1.165) is 5.75 Å². The zero-order valence-corrected chi connectivity index (χ0v) is 17.3. The normalized spacial score (nSPS) is 21.2. The fraction of sp³-hybridized carbons (Fsp3) is 0.154. The average Bonchev–Trinajstić information content (AvgIpc) is 3.38. The highest BCUT2D eigenvalue weighted by atomic mass is 28.3. The third-order valence-electron chi connectivity index (χ3n) is 6.58. The molecule has 0 aliphatic heterocycles. The van der Waals surface area contributed by atoms with Gasteiger partial charge in [-0.2, -0.15) is 0 Å². The van der Waals surface area contributed by atoms with Gasteiger partial charge in [-0.1, -0.05) is 97.6 Å². The molecule has 2 aliphatic carbocycles. The van der Waals surface area contributed by atoms with Crippen LogP contribution in [0.5, 0.6) is 5.75 Å². The van der Waals surface area contributed by atoms with Gasteiger partial charge in [0.25, 0.3) is 0 Å². The third kappa shape index (κ3) is 2.45. The third-order valence-corrected chi connectivity index (χ3v) is 11.7. The molecule has 0 bridgehead atoms. The summed E-state index contributed by atoms with van der Waals surface area (Å²) >= 11 is 0. The zero-order valence-electron chi connectivity index (χ0n) is 16.3. The van der Waals surface area contributed by atoms with Crippen molar-refractivity contribution in [1.29, 1.82) is 0 Å². The van der Waals surface area contributed by atoms with Crippen LogP contribution in [0.15, 0.2) is 84.9 Å². The number of ether oxygens (including phenoxy) is 1. The molecular formula is C26H24OSi. The van der Waals surface area contributed by atoms with Gasteiger partial charge in [-0.15, -0.1) is 0 Å². The van der Waals surface area contributed by atoms with Gasteiger partial charge in [0.05, 0.1) is 7.11 Å². The van der Waals surface area contributed by atoms with Crippen molar-refractivity contribution in [2.75, 3.05) is 7.11 Å². The van der Waals surface area contributed by atoms with Crippen LogP contribution in [0.25, 0.3) is 12.2 Å². The molecular weight excluding hydrogens is 356 g/mol. The Hall–Kier alpha value is -2.84. The summed E-state index contributed by atoms with van der Waals surface area (Å²) in [5, 5.41) is 1.40. The molecule has 0 radical (unpaired) electrons. The molecule has 0 spiro atoms. The minimum absolute atomic E-state index is 0.417. The van der Waals surface area contributed by atoms with E-state index in [9.17, 15) is 0 Å². The zero-order chi connectivity index (χ0) is 19.1. The molecule has 3 aromatic carbocycles. The maximum Gasteiger partial charge on any atom is 0.118 e. The molecule has 0 fully saturated rings. The highest BCUT2D eigenvalue weighted by molar-refractivity contribution is 6.94. The minimum atomic E-state index is -2.13. The number of para-hydroxylation sites is 1. The van der Waals surface area contributed by atoms with Crippen molar-refractivity contribution in [2.24, 2.45) is 0 Å². The van der Waals surface area contributed by atoms with Crippen molar-refractivity contribution in [3.05, 3.63) is 107 Å². The molecule has 5 rings (SSSR count). The van der Waals surface area contributed by atoms with Gasteiger partial charge in [0, 0.05) is 11.1 Å². The van der Waals surface area contributed by atoms with Gasteiger partial charge < -0.3 is 4.74 Å². The fourth-order valence-electron chi connectivity index (χ4n) is 5.16. The predicted molar refractivity (Wildman–Crippen MR) is 121 cm³/mol. The van der Waals surface area contributed by atoms with Crippen LogP contribution in [0, 0.1) is 0 Å². The topological polar surface area (TPSA) is 9.23 Å². The number of benzene rings is 3. The highest BCUT2D eigenvalue weighted by Gasteiger charge is 2.48. The van der Waals surface area contributed by atoms with E-state index in [2.05, 4.69) is 104 Å². The van der Waals surface area contributed by atoms with Gasteiger partial charge in [-0.3, -0.25) is 0 Å². The number of hydrogen-bond donors (Lipinski definition) is 0. The Morgan fingerprint density at radius 3 is 1.75 bits per heavy atom. The Bertz CT molecular complexity index is 1030. The van der Waals surface area contributed by atoms with Gasteiger partial charge in [0.1, 0.15) is 13.8 Å².